The van der Waals surface area contributed by atoms with E-state index in [9.17, 15) is 9.90 Å². The number of carboxylic acid groups (broad SMARTS) is 1. The zero-order valence-corrected chi connectivity index (χ0v) is 19.5. The minimum Gasteiger partial charge on any atom is -0.492 e. The van der Waals surface area contributed by atoms with Gasteiger partial charge in [0, 0.05) is 11.5 Å². The van der Waals surface area contributed by atoms with E-state index in [-0.39, 0.29) is 16.9 Å². The summed E-state index contributed by atoms with van der Waals surface area (Å²) in [6, 6.07) is 12.1. The Labute approximate surface area is 181 Å². The number of hydrogen-bond acceptors (Lipinski definition) is 3. The standard InChI is InChI=1S/C26H37NO3/c1-8-26(9-2,19-10-12-21(24(28)29)17(3)14-19)20-11-13-22(18(4)15-20)30-16-23(27)25(5,6)7/h10-15,23H,8-9,16,27H2,1-7H3,(H,28,29). The summed E-state index contributed by atoms with van der Waals surface area (Å²) >= 11 is 0. The summed E-state index contributed by atoms with van der Waals surface area (Å²) < 4.78 is 6.04. The highest BCUT2D eigenvalue weighted by molar-refractivity contribution is 5.89. The summed E-state index contributed by atoms with van der Waals surface area (Å²) in [6.07, 6.45) is 1.84. The molecule has 3 N–H and O–H groups in total. The van der Waals surface area contributed by atoms with Gasteiger partial charge in [-0.25, -0.2) is 4.79 Å². The van der Waals surface area contributed by atoms with Gasteiger partial charge in [-0.1, -0.05) is 58.9 Å². The van der Waals surface area contributed by atoms with E-state index >= 15 is 0 Å². The van der Waals surface area contributed by atoms with Gasteiger partial charge in [0.1, 0.15) is 12.4 Å². The van der Waals surface area contributed by atoms with Gasteiger partial charge in [0.25, 0.3) is 0 Å². The topological polar surface area (TPSA) is 72.5 Å². The van der Waals surface area contributed by atoms with Crippen molar-refractivity contribution in [2.75, 3.05) is 6.61 Å². The molecular formula is C26H37NO3. The number of hydrogen-bond donors (Lipinski definition) is 2. The van der Waals surface area contributed by atoms with Crippen LogP contribution in [0.2, 0.25) is 0 Å². The third-order valence-corrected chi connectivity index (χ3v) is 6.47. The quantitative estimate of drug-likeness (QED) is 0.571. The fourth-order valence-corrected chi connectivity index (χ4v) is 3.97. The molecule has 2 rings (SSSR count). The van der Waals surface area contributed by atoms with E-state index in [1.54, 1.807) is 6.07 Å². The van der Waals surface area contributed by atoms with E-state index in [2.05, 4.69) is 53.7 Å². The summed E-state index contributed by atoms with van der Waals surface area (Å²) in [4.78, 5) is 11.4. The average Bonchev–Trinajstić information content (AvgIpc) is 2.67. The molecule has 30 heavy (non-hydrogen) atoms. The number of aryl methyl sites for hydroxylation is 2. The van der Waals surface area contributed by atoms with Gasteiger partial charge < -0.3 is 15.6 Å². The van der Waals surface area contributed by atoms with Gasteiger partial charge in [-0.05, 0) is 66.5 Å². The molecule has 164 valence electrons. The molecule has 0 radical (unpaired) electrons. The molecule has 4 heteroatoms. The Morgan fingerprint density at radius 2 is 1.53 bits per heavy atom. The van der Waals surface area contributed by atoms with E-state index < -0.39 is 5.97 Å². The van der Waals surface area contributed by atoms with Gasteiger partial charge in [0.05, 0.1) is 5.56 Å². The van der Waals surface area contributed by atoms with Crippen molar-refractivity contribution in [1.29, 1.82) is 0 Å². The molecular weight excluding hydrogens is 374 g/mol. The third-order valence-electron chi connectivity index (χ3n) is 6.47. The number of carboxylic acids is 1. The minimum atomic E-state index is -0.886. The van der Waals surface area contributed by atoms with Gasteiger partial charge in [0.2, 0.25) is 0 Å². The summed E-state index contributed by atoms with van der Waals surface area (Å²) in [7, 11) is 0. The van der Waals surface area contributed by atoms with E-state index in [1.165, 1.54) is 5.56 Å². The first-order valence-corrected chi connectivity index (χ1v) is 10.8. The van der Waals surface area contributed by atoms with Gasteiger partial charge in [-0.2, -0.15) is 0 Å². The lowest BCUT2D eigenvalue weighted by Crippen LogP contribution is -2.40. The van der Waals surface area contributed by atoms with E-state index in [0.29, 0.717) is 12.2 Å². The van der Waals surface area contributed by atoms with Crippen LogP contribution in [0.4, 0.5) is 0 Å². The molecule has 1 atom stereocenters. The predicted octanol–water partition coefficient (Wildman–Crippen LogP) is 5.86. The monoisotopic (exact) mass is 411 g/mol. The van der Waals surface area contributed by atoms with Crippen LogP contribution < -0.4 is 10.5 Å². The molecule has 0 saturated carbocycles. The number of carbonyl (C=O) groups is 1. The highest BCUT2D eigenvalue weighted by Gasteiger charge is 2.32. The first-order chi connectivity index (χ1) is 14.0. The van der Waals surface area contributed by atoms with Crippen molar-refractivity contribution >= 4 is 5.97 Å². The van der Waals surface area contributed by atoms with E-state index in [1.807, 2.05) is 25.1 Å². The highest BCUT2D eigenvalue weighted by Crippen LogP contribution is 2.41. The lowest BCUT2D eigenvalue weighted by atomic mass is 9.70. The zero-order chi connectivity index (χ0) is 22.7. The van der Waals surface area contributed by atoms with Gasteiger partial charge in [-0.15, -0.1) is 0 Å². The van der Waals surface area contributed by atoms with E-state index in [0.717, 1.165) is 35.3 Å². The second-order valence-electron chi connectivity index (χ2n) is 9.39. The highest BCUT2D eigenvalue weighted by atomic mass is 16.5. The molecule has 2 aromatic carbocycles. The molecule has 0 aliphatic heterocycles. The van der Waals surface area contributed by atoms with Crippen molar-refractivity contribution < 1.29 is 14.6 Å². The molecule has 1 unspecified atom stereocenters. The lowest BCUT2D eigenvalue weighted by Gasteiger charge is -2.34. The van der Waals surface area contributed by atoms with Crippen molar-refractivity contribution in [2.24, 2.45) is 11.1 Å². The Balaban J connectivity index is 2.40. The molecule has 0 heterocycles. The van der Waals surface area contributed by atoms with Crippen LogP contribution in [-0.2, 0) is 5.41 Å². The SMILES string of the molecule is CCC(CC)(c1ccc(OCC(N)C(C)(C)C)c(C)c1)c1ccc(C(=O)O)c(C)c1. The fourth-order valence-electron chi connectivity index (χ4n) is 3.97. The molecule has 0 amide bonds. The van der Waals surface area contributed by atoms with Crippen molar-refractivity contribution in [3.8, 4) is 5.75 Å². The summed E-state index contributed by atoms with van der Waals surface area (Å²) in [6.45, 7) is 15.1. The largest absolute Gasteiger partial charge is 0.492 e. The predicted molar refractivity (Wildman–Crippen MR) is 124 cm³/mol. The number of ether oxygens (including phenoxy) is 1. The normalized spacial score (nSPS) is 13.2. The second kappa shape index (κ2) is 9.22. The number of benzene rings is 2. The molecule has 2 aromatic rings. The molecule has 0 aliphatic carbocycles. The maximum Gasteiger partial charge on any atom is 0.335 e. The van der Waals surface area contributed by atoms with Crippen LogP contribution in [0, 0.1) is 19.3 Å². The smallest absolute Gasteiger partial charge is 0.335 e. The first-order valence-electron chi connectivity index (χ1n) is 10.8. The van der Waals surface area contributed by atoms with Crippen molar-refractivity contribution in [3.05, 3.63) is 64.2 Å². The molecule has 0 aromatic heterocycles. The van der Waals surface area contributed by atoms with Crippen LogP contribution in [0.1, 0.15) is 80.1 Å². The van der Waals surface area contributed by atoms with Gasteiger partial charge in [-0.3, -0.25) is 0 Å². The van der Waals surface area contributed by atoms with Crippen LogP contribution in [0.3, 0.4) is 0 Å². The zero-order valence-electron chi connectivity index (χ0n) is 19.5. The molecule has 0 fully saturated rings. The molecule has 0 spiro atoms. The van der Waals surface area contributed by atoms with E-state index in [4.69, 9.17) is 10.5 Å². The lowest BCUT2D eigenvalue weighted by molar-refractivity contribution is 0.0696. The van der Waals surface area contributed by atoms with Gasteiger partial charge in [0.15, 0.2) is 0 Å². The van der Waals surface area contributed by atoms with Crippen LogP contribution in [0.15, 0.2) is 36.4 Å². The summed E-state index contributed by atoms with van der Waals surface area (Å²) in [5, 5.41) is 9.37. The summed E-state index contributed by atoms with van der Waals surface area (Å²) in [5.41, 5.74) is 10.7. The molecule has 0 aliphatic rings. The molecule has 0 bridgehead atoms. The van der Waals surface area contributed by atoms with Crippen LogP contribution >= 0.6 is 0 Å². The Morgan fingerprint density at radius 1 is 1.00 bits per heavy atom. The Morgan fingerprint density at radius 3 is 1.97 bits per heavy atom. The van der Waals surface area contributed by atoms with Crippen molar-refractivity contribution in [2.45, 2.75) is 72.8 Å². The minimum absolute atomic E-state index is 0.00655. The van der Waals surface area contributed by atoms with Crippen molar-refractivity contribution in [3.63, 3.8) is 0 Å². The van der Waals surface area contributed by atoms with Crippen LogP contribution in [-0.4, -0.2) is 23.7 Å². The fraction of sp³-hybridized carbons (Fsp3) is 0.500. The number of aromatic carboxylic acids is 1. The number of nitrogens with two attached hydrogens (primary N) is 1. The van der Waals surface area contributed by atoms with Crippen LogP contribution in [0.5, 0.6) is 5.75 Å². The Kier molecular flexibility index (Phi) is 7.36. The third kappa shape index (κ3) is 4.86. The second-order valence-corrected chi connectivity index (χ2v) is 9.39. The molecule has 4 nitrogen and oxygen atoms in total. The summed E-state index contributed by atoms with van der Waals surface area (Å²) in [5.74, 6) is -0.0274. The van der Waals surface area contributed by atoms with Gasteiger partial charge >= 0.3 is 5.97 Å². The number of rotatable bonds is 8. The first kappa shape index (κ1) is 23.9. The Hall–Kier alpha value is -2.33. The van der Waals surface area contributed by atoms with Crippen LogP contribution in [0.25, 0.3) is 0 Å². The average molecular weight is 412 g/mol. The van der Waals surface area contributed by atoms with Crippen molar-refractivity contribution in [1.82, 2.24) is 0 Å². The molecule has 0 saturated heterocycles. The maximum atomic E-state index is 11.4. The maximum absolute atomic E-state index is 11.4. The Bertz CT molecular complexity index is 892.